The Bertz CT molecular complexity index is 391. The lowest BCUT2D eigenvalue weighted by Gasteiger charge is -2.16. The molecule has 0 bridgehead atoms. The second-order valence-corrected chi connectivity index (χ2v) is 6.22. The van der Waals surface area contributed by atoms with Crippen molar-refractivity contribution in [1.29, 1.82) is 0 Å². The molecular weight excluding hydrogens is 228 g/mol. The van der Waals surface area contributed by atoms with Crippen molar-refractivity contribution in [3.8, 4) is 0 Å². The van der Waals surface area contributed by atoms with E-state index in [9.17, 15) is 0 Å². The molecule has 0 atom stereocenters. The van der Waals surface area contributed by atoms with Gasteiger partial charge < -0.3 is 9.53 Å². The SMILES string of the molecule is OCCO[SiH](c1ccccc1)c1ccccc1. The summed E-state index contributed by atoms with van der Waals surface area (Å²) in [7, 11) is -1.63. The summed E-state index contributed by atoms with van der Waals surface area (Å²) < 4.78 is 5.85. The highest BCUT2D eigenvalue weighted by molar-refractivity contribution is 6.80. The zero-order valence-electron chi connectivity index (χ0n) is 9.62. The number of aliphatic hydroxyl groups excluding tert-OH is 1. The Morgan fingerprint density at radius 2 is 1.29 bits per heavy atom. The van der Waals surface area contributed by atoms with E-state index in [0.717, 1.165) is 0 Å². The van der Waals surface area contributed by atoms with Gasteiger partial charge in [0, 0.05) is 0 Å². The Morgan fingerprint density at radius 3 is 1.71 bits per heavy atom. The second-order valence-electron chi connectivity index (χ2n) is 3.80. The molecule has 0 unspecified atom stereocenters. The first-order chi connectivity index (χ1) is 8.42. The number of benzene rings is 2. The van der Waals surface area contributed by atoms with Crippen molar-refractivity contribution in [3.05, 3.63) is 60.7 Å². The average Bonchev–Trinajstić information content (AvgIpc) is 2.42. The fourth-order valence-corrected chi connectivity index (χ4v) is 4.07. The first-order valence-electron chi connectivity index (χ1n) is 5.74. The minimum absolute atomic E-state index is 0.0726. The zero-order chi connectivity index (χ0) is 11.9. The maximum atomic E-state index is 8.91. The summed E-state index contributed by atoms with van der Waals surface area (Å²) >= 11 is 0. The average molecular weight is 244 g/mol. The van der Waals surface area contributed by atoms with Crippen LogP contribution in [0.5, 0.6) is 0 Å². The molecule has 1 N–H and O–H groups in total. The summed E-state index contributed by atoms with van der Waals surface area (Å²) in [5.74, 6) is 0. The van der Waals surface area contributed by atoms with Crippen LogP contribution in [0.15, 0.2) is 60.7 Å². The molecule has 0 amide bonds. The molecule has 0 fully saturated rings. The molecule has 2 rings (SSSR count). The molecule has 0 saturated carbocycles. The lowest BCUT2D eigenvalue weighted by molar-refractivity contribution is 0.205. The largest absolute Gasteiger partial charge is 0.409 e. The van der Waals surface area contributed by atoms with Gasteiger partial charge in [-0.05, 0) is 10.4 Å². The number of aliphatic hydroxyl groups is 1. The predicted molar refractivity (Wildman–Crippen MR) is 72.3 cm³/mol. The molecule has 0 aromatic heterocycles. The maximum Gasteiger partial charge on any atom is 0.239 e. The molecule has 88 valence electrons. The topological polar surface area (TPSA) is 29.5 Å². The van der Waals surface area contributed by atoms with Gasteiger partial charge in [-0.3, -0.25) is 0 Å². The lowest BCUT2D eigenvalue weighted by Crippen LogP contribution is -2.45. The Morgan fingerprint density at radius 1 is 0.824 bits per heavy atom. The van der Waals surface area contributed by atoms with Crippen LogP contribution in [0.25, 0.3) is 0 Å². The van der Waals surface area contributed by atoms with Crippen LogP contribution in [-0.2, 0) is 4.43 Å². The monoisotopic (exact) mass is 244 g/mol. The van der Waals surface area contributed by atoms with Crippen LogP contribution in [0.4, 0.5) is 0 Å². The smallest absolute Gasteiger partial charge is 0.239 e. The lowest BCUT2D eigenvalue weighted by atomic mass is 10.4. The molecule has 0 saturated heterocycles. The van der Waals surface area contributed by atoms with Crippen LogP contribution in [0.1, 0.15) is 0 Å². The normalized spacial score (nSPS) is 10.7. The molecule has 0 aliphatic heterocycles. The van der Waals surface area contributed by atoms with Gasteiger partial charge in [0.1, 0.15) is 0 Å². The van der Waals surface area contributed by atoms with E-state index in [1.165, 1.54) is 10.4 Å². The van der Waals surface area contributed by atoms with Crippen LogP contribution in [0, 0.1) is 0 Å². The fraction of sp³-hybridized carbons (Fsp3) is 0.143. The van der Waals surface area contributed by atoms with Crippen molar-refractivity contribution in [1.82, 2.24) is 0 Å². The van der Waals surface area contributed by atoms with Gasteiger partial charge in [-0.25, -0.2) is 0 Å². The van der Waals surface area contributed by atoms with E-state index in [4.69, 9.17) is 9.53 Å². The summed E-state index contributed by atoms with van der Waals surface area (Å²) in [5.41, 5.74) is 0. The van der Waals surface area contributed by atoms with Gasteiger partial charge in [0.25, 0.3) is 0 Å². The van der Waals surface area contributed by atoms with Crippen LogP contribution in [-0.4, -0.2) is 27.4 Å². The Labute approximate surface area is 103 Å². The fourth-order valence-electron chi connectivity index (χ4n) is 1.81. The van der Waals surface area contributed by atoms with Gasteiger partial charge in [-0.2, -0.15) is 0 Å². The molecule has 0 aliphatic rings. The van der Waals surface area contributed by atoms with Crippen molar-refractivity contribution < 1.29 is 9.53 Å². The van der Waals surface area contributed by atoms with Crippen LogP contribution < -0.4 is 10.4 Å². The second kappa shape index (κ2) is 6.35. The molecule has 2 nitrogen and oxygen atoms in total. The van der Waals surface area contributed by atoms with Gasteiger partial charge >= 0.3 is 0 Å². The third-order valence-electron chi connectivity index (χ3n) is 2.58. The van der Waals surface area contributed by atoms with Crippen LogP contribution >= 0.6 is 0 Å². The minimum Gasteiger partial charge on any atom is -0.409 e. The predicted octanol–water partition coefficient (Wildman–Crippen LogP) is 0.533. The molecule has 0 radical (unpaired) electrons. The van der Waals surface area contributed by atoms with E-state index < -0.39 is 9.04 Å². The van der Waals surface area contributed by atoms with Crippen molar-refractivity contribution in [2.45, 2.75) is 0 Å². The van der Waals surface area contributed by atoms with E-state index in [1.54, 1.807) is 0 Å². The molecule has 0 spiro atoms. The Balaban J connectivity index is 2.26. The van der Waals surface area contributed by atoms with E-state index in [-0.39, 0.29) is 6.61 Å². The van der Waals surface area contributed by atoms with E-state index in [0.29, 0.717) is 6.61 Å². The van der Waals surface area contributed by atoms with Gasteiger partial charge in [-0.15, -0.1) is 0 Å². The molecular formula is C14H16O2Si. The quantitative estimate of drug-likeness (QED) is 0.778. The zero-order valence-corrected chi connectivity index (χ0v) is 10.8. The number of hydrogen-bond acceptors (Lipinski definition) is 2. The Hall–Kier alpha value is -1.42. The molecule has 2 aromatic carbocycles. The number of hydrogen-bond donors (Lipinski definition) is 1. The number of rotatable bonds is 5. The van der Waals surface area contributed by atoms with Crippen LogP contribution in [0.2, 0.25) is 0 Å². The molecule has 17 heavy (non-hydrogen) atoms. The van der Waals surface area contributed by atoms with Gasteiger partial charge in [0.2, 0.25) is 9.04 Å². The summed E-state index contributed by atoms with van der Waals surface area (Å²) in [6, 6.07) is 20.5. The van der Waals surface area contributed by atoms with Gasteiger partial charge in [0.15, 0.2) is 0 Å². The van der Waals surface area contributed by atoms with E-state index in [2.05, 4.69) is 24.3 Å². The summed E-state index contributed by atoms with van der Waals surface area (Å²) in [5, 5.41) is 11.4. The molecule has 3 heteroatoms. The molecule has 2 aromatic rings. The first-order valence-corrected chi connectivity index (χ1v) is 7.37. The highest BCUT2D eigenvalue weighted by Gasteiger charge is 2.16. The van der Waals surface area contributed by atoms with E-state index in [1.807, 2.05) is 36.4 Å². The van der Waals surface area contributed by atoms with Crippen molar-refractivity contribution >= 4 is 19.4 Å². The molecule has 0 heterocycles. The highest BCUT2D eigenvalue weighted by Crippen LogP contribution is 1.94. The van der Waals surface area contributed by atoms with Crippen molar-refractivity contribution in [2.24, 2.45) is 0 Å². The van der Waals surface area contributed by atoms with Crippen LogP contribution in [0.3, 0.4) is 0 Å². The Kier molecular flexibility index (Phi) is 4.50. The summed E-state index contributed by atoms with van der Waals surface area (Å²) in [4.78, 5) is 0. The first kappa shape index (κ1) is 12.0. The van der Waals surface area contributed by atoms with Crippen molar-refractivity contribution in [2.75, 3.05) is 13.2 Å². The van der Waals surface area contributed by atoms with Gasteiger partial charge in [-0.1, -0.05) is 60.7 Å². The van der Waals surface area contributed by atoms with Gasteiger partial charge in [0.05, 0.1) is 13.2 Å². The third-order valence-corrected chi connectivity index (χ3v) is 5.13. The van der Waals surface area contributed by atoms with Crippen molar-refractivity contribution in [3.63, 3.8) is 0 Å². The third kappa shape index (κ3) is 3.26. The maximum absolute atomic E-state index is 8.91. The molecule has 0 aliphatic carbocycles. The standard InChI is InChI=1S/C14H16O2Si/c15-11-12-16-17(13-7-3-1-4-8-13)14-9-5-2-6-10-14/h1-10,15,17H,11-12H2. The highest BCUT2D eigenvalue weighted by atomic mass is 28.3. The summed E-state index contributed by atoms with van der Waals surface area (Å²) in [6.07, 6.45) is 0. The van der Waals surface area contributed by atoms with E-state index >= 15 is 0 Å². The minimum atomic E-state index is -1.63. The summed E-state index contributed by atoms with van der Waals surface area (Å²) in [6.45, 7) is 0.476.